The van der Waals surface area contributed by atoms with Gasteiger partial charge in [0.15, 0.2) is 0 Å². The summed E-state index contributed by atoms with van der Waals surface area (Å²) < 4.78 is 19.9. The van der Waals surface area contributed by atoms with Crippen molar-refractivity contribution in [1.82, 2.24) is 9.80 Å². The predicted molar refractivity (Wildman–Crippen MR) is 121 cm³/mol. The second kappa shape index (κ2) is 10.2. The Kier molecular flexibility index (Phi) is 7.08. The molecule has 2 amide bonds. The van der Waals surface area contributed by atoms with Gasteiger partial charge in [0.2, 0.25) is 0 Å². The van der Waals surface area contributed by atoms with E-state index in [1.807, 2.05) is 36.2 Å². The van der Waals surface area contributed by atoms with Crippen LogP contribution in [-0.4, -0.2) is 53.9 Å². The molecule has 0 N–H and O–H groups in total. The third-order valence-electron chi connectivity index (χ3n) is 6.56. The van der Waals surface area contributed by atoms with E-state index in [4.69, 9.17) is 4.74 Å². The Bertz CT molecular complexity index is 946. The molecule has 1 fully saturated rings. The summed E-state index contributed by atoms with van der Waals surface area (Å²) in [5.74, 6) is 0.110. The van der Waals surface area contributed by atoms with Gasteiger partial charge in [0.05, 0.1) is 11.6 Å². The van der Waals surface area contributed by atoms with E-state index >= 15 is 0 Å². The average Bonchev–Trinajstić information content (AvgIpc) is 2.82. The summed E-state index contributed by atoms with van der Waals surface area (Å²) in [6.45, 7) is 1.28. The second-order valence-corrected chi connectivity index (χ2v) is 8.80. The van der Waals surface area contributed by atoms with Crippen LogP contribution in [0.1, 0.15) is 65.7 Å². The minimum Gasteiger partial charge on any atom is -0.487 e. The van der Waals surface area contributed by atoms with Crippen molar-refractivity contribution >= 4 is 11.8 Å². The number of benzene rings is 2. The lowest BCUT2D eigenvalue weighted by molar-refractivity contribution is 0.0273. The molecule has 0 radical (unpaired) electrons. The van der Waals surface area contributed by atoms with Gasteiger partial charge in [-0.3, -0.25) is 9.59 Å². The number of amides is 2. The van der Waals surface area contributed by atoms with E-state index < -0.39 is 0 Å². The highest BCUT2D eigenvalue weighted by Crippen LogP contribution is 2.31. The zero-order chi connectivity index (χ0) is 22.5. The summed E-state index contributed by atoms with van der Waals surface area (Å²) in [4.78, 5) is 30.2. The Morgan fingerprint density at radius 3 is 2.47 bits per heavy atom. The van der Waals surface area contributed by atoms with Gasteiger partial charge >= 0.3 is 0 Å². The van der Waals surface area contributed by atoms with Crippen LogP contribution in [0.4, 0.5) is 4.39 Å². The Labute approximate surface area is 189 Å². The molecule has 0 spiro atoms. The summed E-state index contributed by atoms with van der Waals surface area (Å²) in [5.41, 5.74) is 1.06. The van der Waals surface area contributed by atoms with Gasteiger partial charge in [-0.15, -0.1) is 0 Å². The minimum absolute atomic E-state index is 0.0357. The number of halogens is 1. The molecule has 2 aliphatic rings. The molecule has 1 aliphatic heterocycles. The largest absolute Gasteiger partial charge is 0.487 e. The molecule has 2 aromatic carbocycles. The first-order chi connectivity index (χ1) is 15.5. The fraction of sp³-hybridized carbons (Fsp3) is 0.462. The molecule has 170 valence electrons. The maximum Gasteiger partial charge on any atom is 0.257 e. The normalized spacial score (nSPS) is 22.5. The Morgan fingerprint density at radius 2 is 1.66 bits per heavy atom. The molecule has 1 saturated carbocycles. The van der Waals surface area contributed by atoms with Gasteiger partial charge in [-0.25, -0.2) is 4.39 Å². The number of nitrogens with zero attached hydrogens (tertiary/aromatic N) is 2. The van der Waals surface area contributed by atoms with Crippen LogP contribution in [0.5, 0.6) is 5.75 Å². The fourth-order valence-electron chi connectivity index (χ4n) is 4.77. The molecule has 1 aliphatic carbocycles. The Balaban J connectivity index is 1.68. The zero-order valence-electron chi connectivity index (χ0n) is 18.6. The highest BCUT2D eigenvalue weighted by molar-refractivity contribution is 5.97. The second-order valence-electron chi connectivity index (χ2n) is 8.80. The molecule has 2 aromatic rings. The Morgan fingerprint density at radius 1 is 0.938 bits per heavy atom. The van der Waals surface area contributed by atoms with Gasteiger partial charge in [0, 0.05) is 25.7 Å². The van der Waals surface area contributed by atoms with E-state index in [9.17, 15) is 14.0 Å². The number of ether oxygens (including phenoxy) is 1. The van der Waals surface area contributed by atoms with Crippen molar-refractivity contribution in [3.05, 3.63) is 65.5 Å². The van der Waals surface area contributed by atoms with E-state index in [0.717, 1.165) is 44.9 Å². The number of carbonyl (C=O) groups excluding carboxylic acids is 2. The third kappa shape index (κ3) is 4.95. The molecule has 2 atom stereocenters. The molecular formula is C26H31FN2O3. The van der Waals surface area contributed by atoms with Crippen molar-refractivity contribution in [2.45, 2.75) is 57.1 Å². The monoisotopic (exact) mass is 438 g/mol. The number of carbonyl (C=O) groups is 2. The summed E-state index contributed by atoms with van der Waals surface area (Å²) in [6, 6.07) is 13.1. The molecule has 4 rings (SSSR count). The lowest BCUT2D eigenvalue weighted by Crippen LogP contribution is -2.51. The SMILES string of the molecule is CN1CCCCCN(C(=O)c2ccc(F)cc2)[C@@H]2CCCC[C@@H]2Oc2ccccc2C1=O. The average molecular weight is 439 g/mol. The van der Waals surface area contributed by atoms with Crippen LogP contribution in [0.3, 0.4) is 0 Å². The molecular weight excluding hydrogens is 407 g/mol. The van der Waals surface area contributed by atoms with E-state index in [1.54, 1.807) is 17.0 Å². The van der Waals surface area contributed by atoms with Crippen LogP contribution in [0.2, 0.25) is 0 Å². The van der Waals surface area contributed by atoms with E-state index in [0.29, 0.717) is 30.0 Å². The summed E-state index contributed by atoms with van der Waals surface area (Å²) in [7, 11) is 1.83. The first-order valence-corrected chi connectivity index (χ1v) is 11.6. The zero-order valence-corrected chi connectivity index (χ0v) is 18.6. The van der Waals surface area contributed by atoms with Crippen molar-refractivity contribution in [1.29, 1.82) is 0 Å². The molecule has 1 heterocycles. The number of hydrogen-bond donors (Lipinski definition) is 0. The van der Waals surface area contributed by atoms with Crippen LogP contribution in [0, 0.1) is 5.82 Å². The van der Waals surface area contributed by atoms with E-state index in [1.165, 1.54) is 12.1 Å². The molecule has 6 heteroatoms. The minimum atomic E-state index is -0.351. The van der Waals surface area contributed by atoms with Crippen molar-refractivity contribution in [3.8, 4) is 5.75 Å². The molecule has 0 unspecified atom stereocenters. The van der Waals surface area contributed by atoms with Crippen LogP contribution in [0.15, 0.2) is 48.5 Å². The molecule has 0 bridgehead atoms. The smallest absolute Gasteiger partial charge is 0.257 e. The lowest BCUT2D eigenvalue weighted by atomic mass is 9.90. The highest BCUT2D eigenvalue weighted by atomic mass is 19.1. The highest BCUT2D eigenvalue weighted by Gasteiger charge is 2.35. The van der Waals surface area contributed by atoms with E-state index in [2.05, 4.69) is 0 Å². The number of hydrogen-bond acceptors (Lipinski definition) is 3. The Hall–Kier alpha value is -2.89. The van der Waals surface area contributed by atoms with Crippen LogP contribution in [-0.2, 0) is 0 Å². The molecule has 32 heavy (non-hydrogen) atoms. The van der Waals surface area contributed by atoms with Crippen LogP contribution in [0.25, 0.3) is 0 Å². The van der Waals surface area contributed by atoms with Crippen molar-refractivity contribution in [2.24, 2.45) is 0 Å². The number of rotatable bonds is 1. The van der Waals surface area contributed by atoms with Gasteiger partial charge in [0.25, 0.3) is 11.8 Å². The van der Waals surface area contributed by atoms with E-state index in [-0.39, 0.29) is 29.8 Å². The summed E-state index contributed by atoms with van der Waals surface area (Å²) in [5, 5.41) is 0. The predicted octanol–water partition coefficient (Wildman–Crippen LogP) is 4.91. The maximum absolute atomic E-state index is 13.5. The molecule has 0 saturated heterocycles. The van der Waals surface area contributed by atoms with Gasteiger partial charge in [-0.2, -0.15) is 0 Å². The van der Waals surface area contributed by atoms with Crippen molar-refractivity contribution in [2.75, 3.05) is 20.1 Å². The number of fused-ring (bicyclic) bond motifs is 2. The van der Waals surface area contributed by atoms with Gasteiger partial charge in [-0.05, 0) is 74.9 Å². The van der Waals surface area contributed by atoms with Crippen LogP contribution < -0.4 is 4.74 Å². The first-order valence-electron chi connectivity index (χ1n) is 11.6. The van der Waals surface area contributed by atoms with Gasteiger partial charge < -0.3 is 14.5 Å². The summed E-state index contributed by atoms with van der Waals surface area (Å²) >= 11 is 0. The third-order valence-corrected chi connectivity index (χ3v) is 6.56. The standard InChI is InChI=1S/C26H31FN2O3/c1-28-17-7-2-8-18-29(25(30)19-13-15-20(27)16-14-19)22-10-4-6-12-24(22)32-23-11-5-3-9-21(23)26(28)31/h3,5,9,11,13-16,22,24H,2,4,6-8,10,12,17-18H2,1H3/t22-,24+/m1/s1. The van der Waals surface area contributed by atoms with Gasteiger partial charge in [0.1, 0.15) is 17.7 Å². The van der Waals surface area contributed by atoms with Gasteiger partial charge in [-0.1, -0.05) is 18.6 Å². The quantitative estimate of drug-likeness (QED) is 0.635. The van der Waals surface area contributed by atoms with Crippen molar-refractivity contribution in [3.63, 3.8) is 0 Å². The molecule has 0 aromatic heterocycles. The first kappa shape index (κ1) is 22.3. The van der Waals surface area contributed by atoms with Crippen LogP contribution >= 0.6 is 0 Å². The number of para-hydroxylation sites is 1. The maximum atomic E-state index is 13.5. The lowest BCUT2D eigenvalue weighted by Gasteiger charge is -2.40. The fourth-order valence-corrected chi connectivity index (χ4v) is 4.77. The van der Waals surface area contributed by atoms with Crippen molar-refractivity contribution < 1.29 is 18.7 Å². The summed E-state index contributed by atoms with van der Waals surface area (Å²) in [6.07, 6.45) is 6.20. The topological polar surface area (TPSA) is 49.9 Å². The molecule has 5 nitrogen and oxygen atoms in total.